The highest BCUT2D eigenvalue weighted by molar-refractivity contribution is 8.16. The standard InChI is InChI=1S/C16H20N2O3S/c19-15(17-7-8-18-9-11-21-12-10-18)6-13-22-16(20)14-4-2-1-3-5-14/h1-6,13H,7-12H2,(H,17,19)/b13-6-. The zero-order valence-electron chi connectivity index (χ0n) is 12.4. The number of benzene rings is 1. The molecule has 0 aromatic heterocycles. The largest absolute Gasteiger partial charge is 0.379 e. The van der Waals surface area contributed by atoms with Crippen LogP contribution in [0, 0.1) is 0 Å². The Morgan fingerprint density at radius 1 is 1.23 bits per heavy atom. The van der Waals surface area contributed by atoms with Gasteiger partial charge in [0, 0.05) is 37.8 Å². The first-order valence-electron chi connectivity index (χ1n) is 7.26. The van der Waals surface area contributed by atoms with Crippen LogP contribution in [0.1, 0.15) is 10.4 Å². The molecule has 1 heterocycles. The van der Waals surface area contributed by atoms with E-state index in [4.69, 9.17) is 4.74 Å². The van der Waals surface area contributed by atoms with Crippen molar-refractivity contribution in [3.8, 4) is 0 Å². The lowest BCUT2D eigenvalue weighted by molar-refractivity contribution is -0.116. The number of rotatable bonds is 6. The van der Waals surface area contributed by atoms with E-state index >= 15 is 0 Å². The minimum absolute atomic E-state index is 0.0713. The van der Waals surface area contributed by atoms with Crippen molar-refractivity contribution in [2.45, 2.75) is 0 Å². The lowest BCUT2D eigenvalue weighted by Crippen LogP contribution is -2.41. The highest BCUT2D eigenvalue weighted by Crippen LogP contribution is 2.12. The third kappa shape index (κ3) is 6.01. The van der Waals surface area contributed by atoms with Crippen LogP contribution >= 0.6 is 11.8 Å². The Morgan fingerprint density at radius 3 is 2.68 bits per heavy atom. The Hall–Kier alpha value is -1.63. The number of nitrogens with zero attached hydrogens (tertiary/aromatic N) is 1. The molecule has 1 N–H and O–H groups in total. The normalized spacial score (nSPS) is 15.8. The van der Waals surface area contributed by atoms with Gasteiger partial charge in [0.2, 0.25) is 11.0 Å². The molecule has 0 radical (unpaired) electrons. The molecular weight excluding hydrogens is 300 g/mol. The summed E-state index contributed by atoms with van der Waals surface area (Å²) in [5, 5.41) is 4.27. The van der Waals surface area contributed by atoms with Crippen LogP contribution in [-0.2, 0) is 9.53 Å². The van der Waals surface area contributed by atoms with Gasteiger partial charge in [0.05, 0.1) is 13.2 Å². The Bertz CT molecular complexity index is 513. The van der Waals surface area contributed by atoms with Crippen molar-refractivity contribution >= 4 is 22.8 Å². The summed E-state index contributed by atoms with van der Waals surface area (Å²) in [4.78, 5) is 25.7. The molecule has 0 bridgehead atoms. The van der Waals surface area contributed by atoms with E-state index in [9.17, 15) is 9.59 Å². The number of nitrogens with one attached hydrogen (secondary N) is 1. The highest BCUT2D eigenvalue weighted by Gasteiger charge is 2.09. The molecule has 22 heavy (non-hydrogen) atoms. The average Bonchev–Trinajstić information content (AvgIpc) is 2.56. The lowest BCUT2D eigenvalue weighted by Gasteiger charge is -2.26. The quantitative estimate of drug-likeness (QED) is 0.806. The van der Waals surface area contributed by atoms with Gasteiger partial charge in [-0.1, -0.05) is 42.1 Å². The summed E-state index contributed by atoms with van der Waals surface area (Å²) >= 11 is 1.01. The number of thioether (sulfide) groups is 1. The van der Waals surface area contributed by atoms with Crippen molar-refractivity contribution < 1.29 is 14.3 Å². The molecule has 118 valence electrons. The molecular formula is C16H20N2O3S. The summed E-state index contributed by atoms with van der Waals surface area (Å²) in [6, 6.07) is 9.00. The van der Waals surface area contributed by atoms with Crippen LogP contribution in [0.25, 0.3) is 0 Å². The van der Waals surface area contributed by atoms with Crippen LogP contribution in [-0.4, -0.2) is 55.3 Å². The molecule has 2 rings (SSSR count). The van der Waals surface area contributed by atoms with Crippen LogP contribution in [0.5, 0.6) is 0 Å². The first-order valence-corrected chi connectivity index (χ1v) is 8.14. The first-order chi connectivity index (χ1) is 10.8. The van der Waals surface area contributed by atoms with E-state index < -0.39 is 0 Å². The zero-order valence-corrected chi connectivity index (χ0v) is 13.2. The fraction of sp³-hybridized carbons (Fsp3) is 0.375. The molecule has 1 aromatic carbocycles. The second-order valence-corrected chi connectivity index (χ2v) is 5.70. The summed E-state index contributed by atoms with van der Waals surface area (Å²) in [5.41, 5.74) is 0.630. The lowest BCUT2D eigenvalue weighted by atomic mass is 10.2. The molecule has 1 aromatic rings. The smallest absolute Gasteiger partial charge is 0.244 e. The van der Waals surface area contributed by atoms with Crippen molar-refractivity contribution in [1.82, 2.24) is 10.2 Å². The van der Waals surface area contributed by atoms with Gasteiger partial charge in [-0.25, -0.2) is 0 Å². The van der Waals surface area contributed by atoms with Gasteiger partial charge in [-0.15, -0.1) is 0 Å². The van der Waals surface area contributed by atoms with Crippen molar-refractivity contribution in [2.24, 2.45) is 0 Å². The fourth-order valence-electron chi connectivity index (χ4n) is 2.02. The molecule has 0 saturated carbocycles. The maximum Gasteiger partial charge on any atom is 0.244 e. The van der Waals surface area contributed by atoms with E-state index in [2.05, 4.69) is 10.2 Å². The van der Waals surface area contributed by atoms with Gasteiger partial charge in [0.25, 0.3) is 0 Å². The number of amides is 1. The molecule has 0 aliphatic carbocycles. The van der Waals surface area contributed by atoms with Crippen LogP contribution in [0.15, 0.2) is 41.8 Å². The Labute approximate surface area is 134 Å². The molecule has 0 atom stereocenters. The Morgan fingerprint density at radius 2 is 1.95 bits per heavy atom. The number of morpholine rings is 1. The Balaban J connectivity index is 1.63. The maximum absolute atomic E-state index is 11.8. The molecule has 5 nitrogen and oxygen atoms in total. The number of hydrogen-bond acceptors (Lipinski definition) is 5. The molecule has 1 fully saturated rings. The molecule has 0 spiro atoms. The van der Waals surface area contributed by atoms with Crippen LogP contribution < -0.4 is 5.32 Å². The van der Waals surface area contributed by atoms with Crippen molar-refractivity contribution in [1.29, 1.82) is 0 Å². The molecule has 1 aliphatic heterocycles. The zero-order chi connectivity index (χ0) is 15.6. The number of carbonyl (C=O) groups is 2. The van der Waals surface area contributed by atoms with E-state index in [1.165, 1.54) is 11.5 Å². The summed E-state index contributed by atoms with van der Waals surface area (Å²) in [5.74, 6) is -0.179. The van der Waals surface area contributed by atoms with Gasteiger partial charge < -0.3 is 10.1 Å². The van der Waals surface area contributed by atoms with Crippen LogP contribution in [0.2, 0.25) is 0 Å². The molecule has 0 unspecified atom stereocenters. The predicted molar refractivity (Wildman–Crippen MR) is 87.8 cm³/mol. The van der Waals surface area contributed by atoms with Gasteiger partial charge in [0.15, 0.2) is 0 Å². The summed E-state index contributed by atoms with van der Waals surface area (Å²) in [6.45, 7) is 4.75. The monoisotopic (exact) mass is 320 g/mol. The molecule has 1 aliphatic rings. The third-order valence-corrected chi connectivity index (χ3v) is 3.96. The summed E-state index contributed by atoms with van der Waals surface area (Å²) in [7, 11) is 0. The highest BCUT2D eigenvalue weighted by atomic mass is 32.2. The molecule has 1 saturated heterocycles. The first kappa shape index (κ1) is 16.7. The SMILES string of the molecule is O=C(/C=C\SC(=O)c1ccccc1)NCCN1CCOCC1. The minimum Gasteiger partial charge on any atom is -0.379 e. The van der Waals surface area contributed by atoms with Crippen molar-refractivity contribution in [3.05, 3.63) is 47.4 Å². The topological polar surface area (TPSA) is 58.6 Å². The minimum atomic E-state index is -0.179. The third-order valence-electron chi connectivity index (χ3n) is 3.23. The van der Waals surface area contributed by atoms with Crippen molar-refractivity contribution in [2.75, 3.05) is 39.4 Å². The fourth-order valence-corrected chi connectivity index (χ4v) is 2.61. The second-order valence-electron chi connectivity index (χ2n) is 4.82. The average molecular weight is 320 g/mol. The molecule has 6 heteroatoms. The second kappa shape index (κ2) is 9.40. The maximum atomic E-state index is 11.8. The van der Waals surface area contributed by atoms with Crippen LogP contribution in [0.4, 0.5) is 0 Å². The van der Waals surface area contributed by atoms with E-state index in [0.717, 1.165) is 44.6 Å². The van der Waals surface area contributed by atoms with E-state index in [1.807, 2.05) is 18.2 Å². The van der Waals surface area contributed by atoms with Gasteiger partial charge in [-0.3, -0.25) is 14.5 Å². The number of ether oxygens (including phenoxy) is 1. The van der Waals surface area contributed by atoms with Crippen molar-refractivity contribution in [3.63, 3.8) is 0 Å². The van der Waals surface area contributed by atoms with Gasteiger partial charge in [-0.05, 0) is 5.41 Å². The van der Waals surface area contributed by atoms with Crippen LogP contribution in [0.3, 0.4) is 0 Å². The van der Waals surface area contributed by atoms with E-state index in [1.54, 1.807) is 12.1 Å². The van der Waals surface area contributed by atoms with E-state index in [-0.39, 0.29) is 11.0 Å². The summed E-state index contributed by atoms with van der Waals surface area (Å²) in [6.07, 6.45) is 1.39. The van der Waals surface area contributed by atoms with Gasteiger partial charge in [0.1, 0.15) is 0 Å². The van der Waals surface area contributed by atoms with Gasteiger partial charge in [-0.2, -0.15) is 0 Å². The van der Waals surface area contributed by atoms with Gasteiger partial charge >= 0.3 is 0 Å². The molecule has 1 amide bonds. The number of carbonyl (C=O) groups excluding carboxylic acids is 2. The predicted octanol–water partition coefficient (Wildman–Crippen LogP) is 1.52. The van der Waals surface area contributed by atoms with E-state index in [0.29, 0.717) is 12.1 Å². The number of hydrogen-bond donors (Lipinski definition) is 1. The summed E-state index contributed by atoms with van der Waals surface area (Å²) < 4.78 is 5.26. The Kier molecular flexibility index (Phi) is 7.15.